The number of nitrogens with one attached hydrogen (secondary N) is 1. The van der Waals surface area contributed by atoms with Gasteiger partial charge in [-0.15, -0.1) is 0 Å². The van der Waals surface area contributed by atoms with Crippen molar-refractivity contribution in [2.75, 3.05) is 0 Å². The fourth-order valence-electron chi connectivity index (χ4n) is 0.978. The van der Waals surface area contributed by atoms with Crippen LogP contribution in [0.5, 0.6) is 5.75 Å². The van der Waals surface area contributed by atoms with Crippen molar-refractivity contribution in [3.05, 3.63) is 29.3 Å². The maximum absolute atomic E-state index is 11.2. The molecular formula is C10H12ClNO3. The fourth-order valence-corrected chi connectivity index (χ4v) is 1.10. The molecule has 82 valence electrons. The van der Waals surface area contributed by atoms with Gasteiger partial charge in [0.1, 0.15) is 5.75 Å². The van der Waals surface area contributed by atoms with Gasteiger partial charge >= 0.3 is 0 Å². The van der Waals surface area contributed by atoms with Gasteiger partial charge in [0.05, 0.1) is 0 Å². The fraction of sp³-hybridized carbons (Fsp3) is 0.300. The van der Waals surface area contributed by atoms with Gasteiger partial charge in [0.15, 0.2) is 5.60 Å². The maximum atomic E-state index is 11.2. The summed E-state index contributed by atoms with van der Waals surface area (Å²) in [7, 11) is 0. The Hall–Kier alpha value is -1.26. The monoisotopic (exact) mass is 229 g/mol. The Labute approximate surface area is 92.8 Å². The summed E-state index contributed by atoms with van der Waals surface area (Å²) in [6.07, 6.45) is 0. The number of rotatable bonds is 3. The topological polar surface area (TPSA) is 58.6 Å². The lowest BCUT2D eigenvalue weighted by atomic mass is 10.1. The van der Waals surface area contributed by atoms with Crippen LogP contribution < -0.4 is 10.2 Å². The Kier molecular flexibility index (Phi) is 3.55. The van der Waals surface area contributed by atoms with Gasteiger partial charge in [-0.2, -0.15) is 0 Å². The highest BCUT2D eigenvalue weighted by Gasteiger charge is 2.29. The summed E-state index contributed by atoms with van der Waals surface area (Å²) in [6.45, 7) is 3.10. The van der Waals surface area contributed by atoms with E-state index < -0.39 is 11.5 Å². The Bertz CT molecular complexity index is 348. The molecule has 0 aliphatic heterocycles. The number of carbonyl (C=O) groups excluding carboxylic acids is 1. The van der Waals surface area contributed by atoms with E-state index in [1.165, 1.54) is 0 Å². The zero-order valence-electron chi connectivity index (χ0n) is 8.45. The minimum absolute atomic E-state index is 0.507. The lowest BCUT2D eigenvalue weighted by molar-refractivity contribution is -0.143. The molecule has 0 bridgehead atoms. The summed E-state index contributed by atoms with van der Waals surface area (Å²) in [5.74, 6) is -0.106. The van der Waals surface area contributed by atoms with Gasteiger partial charge in [0.2, 0.25) is 0 Å². The molecule has 0 saturated carbocycles. The Morgan fingerprint density at radius 2 is 1.93 bits per heavy atom. The van der Waals surface area contributed by atoms with E-state index in [0.717, 1.165) is 0 Å². The first-order valence-corrected chi connectivity index (χ1v) is 4.72. The number of amides is 1. The van der Waals surface area contributed by atoms with E-state index in [9.17, 15) is 4.79 Å². The van der Waals surface area contributed by atoms with Crippen LogP contribution in [0.2, 0.25) is 5.02 Å². The summed E-state index contributed by atoms with van der Waals surface area (Å²) in [5.41, 5.74) is 0.411. The molecule has 1 aromatic rings. The van der Waals surface area contributed by atoms with Crippen molar-refractivity contribution in [2.24, 2.45) is 0 Å². The zero-order chi connectivity index (χ0) is 11.5. The summed E-state index contributed by atoms with van der Waals surface area (Å²) in [4.78, 5) is 11.2. The van der Waals surface area contributed by atoms with Crippen molar-refractivity contribution in [1.29, 1.82) is 0 Å². The summed E-state index contributed by atoms with van der Waals surface area (Å²) < 4.78 is 5.38. The average Bonchev–Trinajstić information content (AvgIpc) is 2.20. The number of hydroxylamine groups is 1. The van der Waals surface area contributed by atoms with Gasteiger partial charge in [0, 0.05) is 5.02 Å². The van der Waals surface area contributed by atoms with Crippen molar-refractivity contribution in [3.8, 4) is 5.75 Å². The predicted molar refractivity (Wildman–Crippen MR) is 56.1 cm³/mol. The second kappa shape index (κ2) is 4.51. The van der Waals surface area contributed by atoms with Gasteiger partial charge in [-0.05, 0) is 38.1 Å². The largest absolute Gasteiger partial charge is 0.478 e. The first-order valence-electron chi connectivity index (χ1n) is 4.35. The van der Waals surface area contributed by atoms with Crippen LogP contribution in [0.4, 0.5) is 0 Å². The normalized spacial score (nSPS) is 10.9. The minimum Gasteiger partial charge on any atom is -0.478 e. The first kappa shape index (κ1) is 11.8. The molecule has 0 heterocycles. The number of carbonyl (C=O) groups is 1. The predicted octanol–water partition coefficient (Wildman–Crippen LogP) is 2.00. The van der Waals surface area contributed by atoms with E-state index in [1.807, 2.05) is 0 Å². The minimum atomic E-state index is -1.14. The van der Waals surface area contributed by atoms with E-state index in [1.54, 1.807) is 43.6 Å². The van der Waals surface area contributed by atoms with Crippen molar-refractivity contribution in [2.45, 2.75) is 19.4 Å². The van der Waals surface area contributed by atoms with Gasteiger partial charge < -0.3 is 4.74 Å². The van der Waals surface area contributed by atoms with E-state index in [-0.39, 0.29) is 0 Å². The van der Waals surface area contributed by atoms with Crippen LogP contribution in [-0.4, -0.2) is 16.7 Å². The molecule has 0 aliphatic rings. The highest BCUT2D eigenvalue weighted by Crippen LogP contribution is 2.20. The number of hydrogen-bond donors (Lipinski definition) is 2. The van der Waals surface area contributed by atoms with Crippen LogP contribution in [0.3, 0.4) is 0 Å². The molecule has 1 rings (SSSR count). The third kappa shape index (κ3) is 3.11. The van der Waals surface area contributed by atoms with E-state index in [2.05, 4.69) is 0 Å². The lowest BCUT2D eigenvalue weighted by Gasteiger charge is -2.23. The molecule has 0 fully saturated rings. The van der Waals surface area contributed by atoms with E-state index in [0.29, 0.717) is 10.8 Å². The second-order valence-electron chi connectivity index (χ2n) is 3.51. The third-order valence-corrected chi connectivity index (χ3v) is 2.09. The smallest absolute Gasteiger partial charge is 0.286 e. The van der Waals surface area contributed by atoms with Gasteiger partial charge in [0.25, 0.3) is 5.91 Å². The molecule has 2 N–H and O–H groups in total. The van der Waals surface area contributed by atoms with Crippen molar-refractivity contribution in [1.82, 2.24) is 5.48 Å². The molecule has 4 nitrogen and oxygen atoms in total. The Balaban J connectivity index is 2.77. The maximum Gasteiger partial charge on any atom is 0.286 e. The molecule has 0 aliphatic carbocycles. The zero-order valence-corrected chi connectivity index (χ0v) is 9.21. The quantitative estimate of drug-likeness (QED) is 0.616. The molecule has 0 unspecified atom stereocenters. The SMILES string of the molecule is CC(C)(Oc1ccc(Cl)cc1)C(=O)NO. The first-order chi connectivity index (χ1) is 6.95. The van der Waals surface area contributed by atoms with Crippen molar-refractivity contribution in [3.63, 3.8) is 0 Å². The second-order valence-corrected chi connectivity index (χ2v) is 3.94. The number of ether oxygens (including phenoxy) is 1. The molecule has 0 saturated heterocycles. The highest BCUT2D eigenvalue weighted by atomic mass is 35.5. The number of halogens is 1. The summed E-state index contributed by atoms with van der Waals surface area (Å²) in [5, 5.41) is 9.08. The highest BCUT2D eigenvalue weighted by molar-refractivity contribution is 6.30. The van der Waals surface area contributed by atoms with Crippen LogP contribution in [0, 0.1) is 0 Å². The molecule has 5 heteroatoms. The van der Waals surface area contributed by atoms with Crippen LogP contribution in [-0.2, 0) is 4.79 Å². The average molecular weight is 230 g/mol. The van der Waals surface area contributed by atoms with Gasteiger partial charge in [-0.1, -0.05) is 11.6 Å². The third-order valence-electron chi connectivity index (χ3n) is 1.84. The lowest BCUT2D eigenvalue weighted by Crippen LogP contribution is -2.45. The summed E-state index contributed by atoms with van der Waals surface area (Å²) >= 11 is 5.70. The van der Waals surface area contributed by atoms with Crippen LogP contribution in [0.15, 0.2) is 24.3 Å². The molecule has 0 radical (unpaired) electrons. The van der Waals surface area contributed by atoms with Crippen LogP contribution in [0.25, 0.3) is 0 Å². The standard InChI is InChI=1S/C10H12ClNO3/c1-10(2,9(13)12-14)15-8-5-3-7(11)4-6-8/h3-6,14H,1-2H3,(H,12,13). The number of hydrogen-bond acceptors (Lipinski definition) is 3. The van der Waals surface area contributed by atoms with Crippen LogP contribution >= 0.6 is 11.6 Å². The van der Waals surface area contributed by atoms with Crippen LogP contribution in [0.1, 0.15) is 13.8 Å². The van der Waals surface area contributed by atoms with E-state index >= 15 is 0 Å². The van der Waals surface area contributed by atoms with Crippen molar-refractivity contribution < 1.29 is 14.7 Å². The molecule has 0 atom stereocenters. The Morgan fingerprint density at radius 3 is 2.40 bits per heavy atom. The molecule has 0 aromatic heterocycles. The molecule has 1 aromatic carbocycles. The van der Waals surface area contributed by atoms with Gasteiger partial charge in [-0.3, -0.25) is 10.0 Å². The van der Waals surface area contributed by atoms with Gasteiger partial charge in [-0.25, -0.2) is 5.48 Å². The molecular weight excluding hydrogens is 218 g/mol. The molecule has 1 amide bonds. The molecule has 15 heavy (non-hydrogen) atoms. The molecule has 0 spiro atoms. The Morgan fingerprint density at radius 1 is 1.40 bits per heavy atom. The van der Waals surface area contributed by atoms with Crippen molar-refractivity contribution >= 4 is 17.5 Å². The summed E-state index contributed by atoms with van der Waals surface area (Å²) in [6, 6.07) is 6.61. The van der Waals surface area contributed by atoms with E-state index in [4.69, 9.17) is 21.5 Å². The number of benzene rings is 1.